The van der Waals surface area contributed by atoms with E-state index < -0.39 is 0 Å². The number of benzene rings is 1. The molecule has 0 fully saturated rings. The van der Waals surface area contributed by atoms with Crippen molar-refractivity contribution < 1.29 is 9.53 Å². The summed E-state index contributed by atoms with van der Waals surface area (Å²) in [7, 11) is 0. The molecule has 0 spiro atoms. The zero-order valence-corrected chi connectivity index (χ0v) is 12.6. The van der Waals surface area contributed by atoms with Crippen LogP contribution >= 0.6 is 0 Å². The van der Waals surface area contributed by atoms with E-state index >= 15 is 0 Å². The van der Waals surface area contributed by atoms with Gasteiger partial charge in [0.05, 0.1) is 5.69 Å². The molecule has 2 heterocycles. The molecule has 1 amide bonds. The molecule has 0 aliphatic rings. The van der Waals surface area contributed by atoms with Crippen LogP contribution in [0.3, 0.4) is 0 Å². The molecular weight excluding hydrogens is 292 g/mol. The van der Waals surface area contributed by atoms with Gasteiger partial charge in [-0.25, -0.2) is 9.67 Å². The molecule has 0 saturated carbocycles. The summed E-state index contributed by atoms with van der Waals surface area (Å²) in [5, 5.41) is 6.95. The summed E-state index contributed by atoms with van der Waals surface area (Å²) >= 11 is 0. The van der Waals surface area contributed by atoms with Crippen molar-refractivity contribution in [2.45, 2.75) is 6.92 Å². The Morgan fingerprint density at radius 2 is 2.04 bits per heavy atom. The van der Waals surface area contributed by atoms with Crippen LogP contribution in [0.25, 0.3) is 5.69 Å². The number of carbonyl (C=O) groups excluding carboxylic acids is 1. The van der Waals surface area contributed by atoms with E-state index in [2.05, 4.69) is 15.4 Å². The molecule has 2 aromatic heterocycles. The first-order chi connectivity index (χ1) is 11.2. The summed E-state index contributed by atoms with van der Waals surface area (Å²) < 4.78 is 7.09. The van der Waals surface area contributed by atoms with E-state index in [0.29, 0.717) is 11.7 Å². The van der Waals surface area contributed by atoms with Crippen molar-refractivity contribution in [3.63, 3.8) is 0 Å². The van der Waals surface area contributed by atoms with Gasteiger partial charge in [-0.05, 0) is 36.8 Å². The van der Waals surface area contributed by atoms with Crippen molar-refractivity contribution in [1.82, 2.24) is 14.8 Å². The van der Waals surface area contributed by atoms with E-state index in [1.54, 1.807) is 29.2 Å². The maximum absolute atomic E-state index is 11.9. The van der Waals surface area contributed by atoms with Crippen LogP contribution < -0.4 is 10.1 Å². The fraction of sp³-hybridized carbons (Fsp3) is 0.118. The number of carbonyl (C=O) groups is 1. The minimum Gasteiger partial charge on any atom is -0.466 e. The maximum Gasteiger partial charge on any atom is 0.263 e. The number of nitrogens with one attached hydrogen (secondary N) is 1. The van der Waals surface area contributed by atoms with Crippen LogP contribution in [0.4, 0.5) is 5.82 Å². The quantitative estimate of drug-likeness (QED) is 0.786. The van der Waals surface area contributed by atoms with E-state index in [1.165, 1.54) is 0 Å². The molecular formula is C17H16N4O2. The molecule has 1 aromatic carbocycles. The number of rotatable bonds is 5. The number of hydrogen-bond donors (Lipinski definition) is 1. The zero-order valence-electron chi connectivity index (χ0n) is 12.6. The van der Waals surface area contributed by atoms with Crippen LogP contribution in [0, 0.1) is 6.92 Å². The minimum absolute atomic E-state index is 0.124. The topological polar surface area (TPSA) is 69.0 Å². The molecule has 3 aromatic rings. The number of anilines is 1. The number of para-hydroxylation sites is 1. The highest BCUT2D eigenvalue weighted by Gasteiger charge is 2.07. The average molecular weight is 308 g/mol. The summed E-state index contributed by atoms with van der Waals surface area (Å²) in [5.74, 6) is 0.618. The first kappa shape index (κ1) is 14.8. The summed E-state index contributed by atoms with van der Waals surface area (Å²) in [6.45, 7) is 1.81. The smallest absolute Gasteiger partial charge is 0.263 e. The lowest BCUT2D eigenvalue weighted by Gasteiger charge is -2.05. The van der Waals surface area contributed by atoms with Crippen LogP contribution in [-0.2, 0) is 4.79 Å². The predicted octanol–water partition coefficient (Wildman–Crippen LogP) is 2.59. The number of ether oxygens (including phenoxy) is 1. The average Bonchev–Trinajstić information content (AvgIpc) is 3.03. The lowest BCUT2D eigenvalue weighted by atomic mass is 10.3. The molecule has 3 rings (SSSR count). The highest BCUT2D eigenvalue weighted by Crippen LogP contribution is 2.11. The van der Waals surface area contributed by atoms with Crippen LogP contribution in [0.2, 0.25) is 0 Å². The first-order valence-corrected chi connectivity index (χ1v) is 7.17. The molecule has 0 aliphatic heterocycles. The number of pyridine rings is 1. The Morgan fingerprint density at radius 1 is 1.22 bits per heavy atom. The van der Waals surface area contributed by atoms with Gasteiger partial charge in [0.15, 0.2) is 6.61 Å². The van der Waals surface area contributed by atoms with E-state index in [0.717, 1.165) is 11.3 Å². The number of nitrogens with zero attached hydrogens (tertiary/aromatic N) is 3. The molecule has 0 aliphatic carbocycles. The minimum atomic E-state index is -0.280. The first-order valence-electron chi connectivity index (χ1n) is 7.17. The Morgan fingerprint density at radius 3 is 2.83 bits per heavy atom. The van der Waals surface area contributed by atoms with Crippen molar-refractivity contribution in [2.24, 2.45) is 0 Å². The van der Waals surface area contributed by atoms with Crippen LogP contribution in [0.5, 0.6) is 5.88 Å². The van der Waals surface area contributed by atoms with Gasteiger partial charge in [0.2, 0.25) is 5.88 Å². The standard InChI is InChI=1S/C17H16N4O2/c1-13-7-9-18-15(11-13)19-16(22)12-23-17-8-10-21(20-17)14-5-3-2-4-6-14/h2-11H,12H2,1H3,(H,18,19,22). The summed E-state index contributed by atoms with van der Waals surface area (Å²) in [6, 6.07) is 15.0. The Labute approximate surface area is 133 Å². The Kier molecular flexibility index (Phi) is 4.33. The van der Waals surface area contributed by atoms with Crippen molar-refractivity contribution >= 4 is 11.7 Å². The zero-order chi connectivity index (χ0) is 16.1. The predicted molar refractivity (Wildman–Crippen MR) is 86.7 cm³/mol. The van der Waals surface area contributed by atoms with Gasteiger partial charge < -0.3 is 10.1 Å². The molecule has 0 saturated heterocycles. The summed E-state index contributed by atoms with van der Waals surface area (Å²) in [4.78, 5) is 15.9. The Hall–Kier alpha value is -3.15. The second-order valence-corrected chi connectivity index (χ2v) is 4.99. The van der Waals surface area contributed by atoms with E-state index in [4.69, 9.17) is 4.74 Å². The van der Waals surface area contributed by atoms with Gasteiger partial charge >= 0.3 is 0 Å². The number of amides is 1. The van der Waals surface area contributed by atoms with Gasteiger partial charge in [0.25, 0.3) is 5.91 Å². The van der Waals surface area contributed by atoms with Gasteiger partial charge in [0, 0.05) is 18.5 Å². The third-order valence-corrected chi connectivity index (χ3v) is 3.12. The van der Waals surface area contributed by atoms with E-state index in [1.807, 2.05) is 43.3 Å². The molecule has 0 unspecified atom stereocenters. The van der Waals surface area contributed by atoms with Gasteiger partial charge in [-0.1, -0.05) is 18.2 Å². The highest BCUT2D eigenvalue weighted by atomic mass is 16.5. The van der Waals surface area contributed by atoms with Crippen molar-refractivity contribution in [1.29, 1.82) is 0 Å². The third-order valence-electron chi connectivity index (χ3n) is 3.12. The molecule has 0 radical (unpaired) electrons. The molecule has 1 N–H and O–H groups in total. The van der Waals surface area contributed by atoms with Crippen molar-refractivity contribution in [2.75, 3.05) is 11.9 Å². The fourth-order valence-electron chi connectivity index (χ4n) is 2.03. The summed E-state index contributed by atoms with van der Waals surface area (Å²) in [5.41, 5.74) is 1.95. The SMILES string of the molecule is Cc1ccnc(NC(=O)COc2ccn(-c3ccccc3)n2)c1. The van der Waals surface area contributed by atoms with Crippen LogP contribution in [0.15, 0.2) is 60.9 Å². The van der Waals surface area contributed by atoms with Crippen molar-refractivity contribution in [3.8, 4) is 11.6 Å². The Bertz CT molecular complexity index is 799. The lowest BCUT2D eigenvalue weighted by Crippen LogP contribution is -2.21. The second kappa shape index (κ2) is 6.74. The van der Waals surface area contributed by atoms with Gasteiger partial charge in [-0.2, -0.15) is 0 Å². The highest BCUT2D eigenvalue weighted by molar-refractivity contribution is 5.90. The third kappa shape index (κ3) is 3.94. The number of aromatic nitrogens is 3. The molecule has 6 heteroatoms. The second-order valence-electron chi connectivity index (χ2n) is 4.99. The largest absolute Gasteiger partial charge is 0.466 e. The number of aryl methyl sites for hydroxylation is 1. The molecule has 0 atom stereocenters. The number of hydrogen-bond acceptors (Lipinski definition) is 4. The molecule has 116 valence electrons. The van der Waals surface area contributed by atoms with Gasteiger partial charge in [-0.15, -0.1) is 5.10 Å². The van der Waals surface area contributed by atoms with E-state index in [-0.39, 0.29) is 12.5 Å². The monoisotopic (exact) mass is 308 g/mol. The molecule has 23 heavy (non-hydrogen) atoms. The summed E-state index contributed by atoms with van der Waals surface area (Å²) in [6.07, 6.45) is 3.43. The Balaban J connectivity index is 1.56. The fourth-order valence-corrected chi connectivity index (χ4v) is 2.03. The molecule has 0 bridgehead atoms. The van der Waals surface area contributed by atoms with Crippen LogP contribution in [-0.4, -0.2) is 27.3 Å². The lowest BCUT2D eigenvalue weighted by molar-refractivity contribution is -0.118. The normalized spacial score (nSPS) is 10.3. The van der Waals surface area contributed by atoms with Gasteiger partial charge in [0.1, 0.15) is 5.82 Å². The van der Waals surface area contributed by atoms with Crippen molar-refractivity contribution in [3.05, 3.63) is 66.5 Å². The maximum atomic E-state index is 11.9. The van der Waals surface area contributed by atoms with E-state index in [9.17, 15) is 4.79 Å². The van der Waals surface area contributed by atoms with Crippen LogP contribution in [0.1, 0.15) is 5.56 Å². The molecule has 6 nitrogen and oxygen atoms in total. The van der Waals surface area contributed by atoms with Gasteiger partial charge in [-0.3, -0.25) is 4.79 Å².